The summed E-state index contributed by atoms with van der Waals surface area (Å²) in [6.07, 6.45) is 2.15. The van der Waals surface area contributed by atoms with Crippen molar-refractivity contribution in [2.24, 2.45) is 5.92 Å². The van der Waals surface area contributed by atoms with Crippen LogP contribution in [0.4, 0.5) is 0 Å². The Morgan fingerprint density at radius 1 is 1.38 bits per heavy atom. The lowest BCUT2D eigenvalue weighted by molar-refractivity contribution is 0.566. The first kappa shape index (κ1) is 10.2. The van der Waals surface area contributed by atoms with E-state index in [-0.39, 0.29) is 0 Å². The smallest absolute Gasteiger partial charge is 0.0858 e. The summed E-state index contributed by atoms with van der Waals surface area (Å²) in [6.45, 7) is 9.66. The van der Waals surface area contributed by atoms with Gasteiger partial charge in [-0.1, -0.05) is 26.0 Å². The Morgan fingerprint density at radius 3 is 2.62 bits per heavy atom. The highest BCUT2D eigenvalue weighted by Crippen LogP contribution is 2.09. The standard InChI is InChI=1S/C10H19N3/c1-5-6-13-9(4)10(11-12-13)7-8(2)3/h8H,5-7H2,1-4H3. The van der Waals surface area contributed by atoms with Gasteiger partial charge in [-0.25, -0.2) is 4.68 Å². The average Bonchev–Trinajstić information content (AvgIpc) is 2.36. The van der Waals surface area contributed by atoms with E-state index in [0.29, 0.717) is 5.92 Å². The van der Waals surface area contributed by atoms with Gasteiger partial charge in [0.05, 0.1) is 11.4 Å². The van der Waals surface area contributed by atoms with E-state index in [2.05, 4.69) is 38.0 Å². The SMILES string of the molecule is CCCn1nnc(CC(C)C)c1C. The molecule has 1 heterocycles. The fourth-order valence-electron chi connectivity index (χ4n) is 1.40. The molecule has 1 aromatic rings. The van der Waals surface area contributed by atoms with E-state index in [9.17, 15) is 0 Å². The number of aromatic nitrogens is 3. The Labute approximate surface area is 80.1 Å². The summed E-state index contributed by atoms with van der Waals surface area (Å²) in [4.78, 5) is 0. The lowest BCUT2D eigenvalue weighted by Crippen LogP contribution is -2.02. The van der Waals surface area contributed by atoms with Gasteiger partial charge in [-0.3, -0.25) is 0 Å². The molecule has 0 fully saturated rings. The van der Waals surface area contributed by atoms with E-state index in [1.807, 2.05) is 4.68 Å². The minimum absolute atomic E-state index is 0.658. The monoisotopic (exact) mass is 181 g/mol. The largest absolute Gasteiger partial charge is 0.249 e. The zero-order valence-electron chi connectivity index (χ0n) is 9.04. The average molecular weight is 181 g/mol. The van der Waals surface area contributed by atoms with Crippen LogP contribution in [0.15, 0.2) is 0 Å². The van der Waals surface area contributed by atoms with Crippen LogP contribution in [0.3, 0.4) is 0 Å². The van der Waals surface area contributed by atoms with Gasteiger partial charge in [0.2, 0.25) is 0 Å². The van der Waals surface area contributed by atoms with Crippen molar-refractivity contribution in [1.82, 2.24) is 15.0 Å². The Morgan fingerprint density at radius 2 is 2.08 bits per heavy atom. The molecule has 0 saturated carbocycles. The molecular weight excluding hydrogens is 162 g/mol. The van der Waals surface area contributed by atoms with E-state index in [4.69, 9.17) is 0 Å². The highest BCUT2D eigenvalue weighted by atomic mass is 15.4. The molecule has 74 valence electrons. The molecule has 0 amide bonds. The van der Waals surface area contributed by atoms with E-state index < -0.39 is 0 Å². The van der Waals surface area contributed by atoms with E-state index in [1.165, 1.54) is 5.69 Å². The molecular formula is C10H19N3. The minimum atomic E-state index is 0.658. The molecule has 0 atom stereocenters. The van der Waals surface area contributed by atoms with Gasteiger partial charge in [0.1, 0.15) is 0 Å². The van der Waals surface area contributed by atoms with Crippen molar-refractivity contribution in [1.29, 1.82) is 0 Å². The van der Waals surface area contributed by atoms with Crippen LogP contribution in [0, 0.1) is 12.8 Å². The second kappa shape index (κ2) is 4.40. The Bertz CT molecular complexity index is 263. The molecule has 1 rings (SSSR count). The Hall–Kier alpha value is -0.860. The summed E-state index contributed by atoms with van der Waals surface area (Å²) >= 11 is 0. The van der Waals surface area contributed by atoms with Gasteiger partial charge in [-0.05, 0) is 25.7 Å². The van der Waals surface area contributed by atoms with Crippen LogP contribution in [0.2, 0.25) is 0 Å². The van der Waals surface area contributed by atoms with Crippen LogP contribution in [0.1, 0.15) is 38.6 Å². The maximum atomic E-state index is 4.19. The van der Waals surface area contributed by atoms with Gasteiger partial charge in [-0.15, -0.1) is 5.10 Å². The zero-order valence-corrected chi connectivity index (χ0v) is 9.04. The van der Waals surface area contributed by atoms with Crippen LogP contribution in [-0.2, 0) is 13.0 Å². The molecule has 0 unspecified atom stereocenters. The molecule has 0 saturated heterocycles. The lowest BCUT2D eigenvalue weighted by Gasteiger charge is -2.03. The van der Waals surface area contributed by atoms with Gasteiger partial charge in [0, 0.05) is 6.54 Å². The quantitative estimate of drug-likeness (QED) is 0.713. The molecule has 3 nitrogen and oxygen atoms in total. The molecule has 0 aliphatic heterocycles. The molecule has 0 aliphatic carbocycles. The summed E-state index contributed by atoms with van der Waals surface area (Å²) in [7, 11) is 0. The van der Waals surface area contributed by atoms with Crippen molar-refractivity contribution in [3.8, 4) is 0 Å². The van der Waals surface area contributed by atoms with Crippen LogP contribution in [0.5, 0.6) is 0 Å². The Kier molecular flexibility index (Phi) is 3.46. The van der Waals surface area contributed by atoms with Crippen molar-refractivity contribution in [3.05, 3.63) is 11.4 Å². The second-order valence-corrected chi connectivity index (χ2v) is 3.94. The molecule has 13 heavy (non-hydrogen) atoms. The van der Waals surface area contributed by atoms with Gasteiger partial charge in [0.25, 0.3) is 0 Å². The van der Waals surface area contributed by atoms with Crippen LogP contribution in [0.25, 0.3) is 0 Å². The van der Waals surface area contributed by atoms with Crippen LogP contribution in [-0.4, -0.2) is 15.0 Å². The van der Waals surface area contributed by atoms with Crippen molar-refractivity contribution in [2.75, 3.05) is 0 Å². The van der Waals surface area contributed by atoms with Crippen LogP contribution >= 0.6 is 0 Å². The fraction of sp³-hybridized carbons (Fsp3) is 0.800. The van der Waals surface area contributed by atoms with Crippen molar-refractivity contribution in [3.63, 3.8) is 0 Å². The first-order valence-corrected chi connectivity index (χ1v) is 5.04. The van der Waals surface area contributed by atoms with Gasteiger partial charge in [-0.2, -0.15) is 0 Å². The number of aryl methyl sites for hydroxylation is 1. The predicted molar refractivity (Wildman–Crippen MR) is 53.6 cm³/mol. The van der Waals surface area contributed by atoms with E-state index in [0.717, 1.165) is 25.1 Å². The number of hydrogen-bond donors (Lipinski definition) is 0. The fourth-order valence-corrected chi connectivity index (χ4v) is 1.40. The zero-order chi connectivity index (χ0) is 9.84. The predicted octanol–water partition coefficient (Wildman–Crippen LogP) is 2.20. The molecule has 0 bridgehead atoms. The van der Waals surface area contributed by atoms with Gasteiger partial charge < -0.3 is 0 Å². The topological polar surface area (TPSA) is 30.7 Å². The van der Waals surface area contributed by atoms with E-state index in [1.54, 1.807) is 0 Å². The third-order valence-corrected chi connectivity index (χ3v) is 2.12. The van der Waals surface area contributed by atoms with E-state index >= 15 is 0 Å². The maximum Gasteiger partial charge on any atom is 0.0858 e. The number of hydrogen-bond acceptors (Lipinski definition) is 2. The van der Waals surface area contributed by atoms with Crippen molar-refractivity contribution < 1.29 is 0 Å². The number of rotatable bonds is 4. The van der Waals surface area contributed by atoms with Gasteiger partial charge >= 0.3 is 0 Å². The summed E-state index contributed by atoms with van der Waals surface area (Å²) in [5, 5.41) is 8.31. The maximum absolute atomic E-state index is 4.19. The third kappa shape index (κ3) is 2.54. The number of nitrogens with zero attached hydrogens (tertiary/aromatic N) is 3. The summed E-state index contributed by atoms with van der Waals surface area (Å²) in [5.74, 6) is 0.658. The normalized spacial score (nSPS) is 11.2. The first-order valence-electron chi connectivity index (χ1n) is 5.04. The Balaban J connectivity index is 2.74. The van der Waals surface area contributed by atoms with Crippen molar-refractivity contribution >= 4 is 0 Å². The second-order valence-electron chi connectivity index (χ2n) is 3.94. The lowest BCUT2D eigenvalue weighted by atomic mass is 10.1. The molecule has 0 radical (unpaired) electrons. The highest BCUT2D eigenvalue weighted by Gasteiger charge is 2.08. The summed E-state index contributed by atoms with van der Waals surface area (Å²) < 4.78 is 2.00. The highest BCUT2D eigenvalue weighted by molar-refractivity contribution is 5.08. The van der Waals surface area contributed by atoms with Gasteiger partial charge in [0.15, 0.2) is 0 Å². The third-order valence-electron chi connectivity index (χ3n) is 2.12. The molecule has 1 aromatic heterocycles. The molecule has 0 N–H and O–H groups in total. The summed E-state index contributed by atoms with van der Waals surface area (Å²) in [5.41, 5.74) is 2.39. The summed E-state index contributed by atoms with van der Waals surface area (Å²) in [6, 6.07) is 0. The molecule has 0 aliphatic rings. The molecule has 0 spiro atoms. The molecule has 3 heteroatoms. The van der Waals surface area contributed by atoms with Crippen LogP contribution < -0.4 is 0 Å². The first-order chi connectivity index (χ1) is 6.15. The molecule has 0 aromatic carbocycles. The minimum Gasteiger partial charge on any atom is -0.249 e. The van der Waals surface area contributed by atoms with Crippen molar-refractivity contribution in [2.45, 2.75) is 47.1 Å².